The molecule has 2 rings (SSSR count). The quantitative estimate of drug-likeness (QED) is 0.704. The van der Waals surface area contributed by atoms with Crippen LogP contribution in [0, 0.1) is 0 Å². The lowest BCUT2D eigenvalue weighted by molar-refractivity contribution is 0.679. The van der Waals surface area contributed by atoms with Crippen LogP contribution in [0.4, 0.5) is 0 Å². The summed E-state index contributed by atoms with van der Waals surface area (Å²) in [7, 11) is -1.88. The molecule has 0 radical (unpaired) electrons. The van der Waals surface area contributed by atoms with Crippen molar-refractivity contribution in [3.05, 3.63) is 35.9 Å². The molecule has 0 aromatic heterocycles. The van der Waals surface area contributed by atoms with Crippen molar-refractivity contribution in [1.82, 2.24) is 0 Å². The molecule has 0 saturated carbocycles. The minimum atomic E-state index is -0.942. The fourth-order valence-electron chi connectivity index (χ4n) is 1.41. The van der Waals surface area contributed by atoms with E-state index >= 15 is 0 Å². The molecule has 0 spiro atoms. The van der Waals surface area contributed by atoms with Gasteiger partial charge in [-0.1, -0.05) is 30.3 Å². The summed E-state index contributed by atoms with van der Waals surface area (Å²) in [6, 6.07) is 9.48. The standard InChI is InChI=1S/C9H10O2S2/c10-12-6-7-13(11)9(12)8-4-2-1-3-5-8/h1-5,9H,6-7H2/t12-,13-/m0/s1. The van der Waals surface area contributed by atoms with Gasteiger partial charge in [0.25, 0.3) is 0 Å². The smallest absolute Gasteiger partial charge is 0.135 e. The van der Waals surface area contributed by atoms with E-state index < -0.39 is 21.6 Å². The molecule has 0 amide bonds. The Hall–Kier alpha value is -0.480. The zero-order valence-corrected chi connectivity index (χ0v) is 8.64. The summed E-state index contributed by atoms with van der Waals surface area (Å²) >= 11 is 0. The van der Waals surface area contributed by atoms with Gasteiger partial charge in [0.15, 0.2) is 0 Å². The van der Waals surface area contributed by atoms with Gasteiger partial charge in [0.05, 0.1) is 0 Å². The van der Waals surface area contributed by atoms with Gasteiger partial charge in [0.2, 0.25) is 0 Å². The largest absolute Gasteiger partial charge is 0.258 e. The SMILES string of the molecule is O=[S@]1CC[S@](=O)C1c1ccccc1. The Morgan fingerprint density at radius 3 is 2.08 bits per heavy atom. The normalized spacial score (nSPS) is 29.2. The molecule has 1 aromatic rings. The Bertz CT molecular complexity index is 332. The van der Waals surface area contributed by atoms with E-state index in [2.05, 4.69) is 0 Å². The summed E-state index contributed by atoms with van der Waals surface area (Å²) in [4.78, 5) is 0. The average molecular weight is 214 g/mol. The lowest BCUT2D eigenvalue weighted by Crippen LogP contribution is -2.03. The van der Waals surface area contributed by atoms with Crippen LogP contribution in [-0.2, 0) is 21.6 Å². The van der Waals surface area contributed by atoms with E-state index in [0.29, 0.717) is 11.5 Å². The zero-order chi connectivity index (χ0) is 9.26. The minimum absolute atomic E-state index is 0.249. The van der Waals surface area contributed by atoms with Gasteiger partial charge < -0.3 is 0 Å². The van der Waals surface area contributed by atoms with Gasteiger partial charge in [0.1, 0.15) is 4.58 Å². The third kappa shape index (κ3) is 1.74. The Kier molecular flexibility index (Phi) is 2.60. The van der Waals surface area contributed by atoms with Crippen LogP contribution in [0.5, 0.6) is 0 Å². The molecule has 1 fully saturated rings. The summed E-state index contributed by atoms with van der Waals surface area (Å²) in [5.74, 6) is 1.15. The van der Waals surface area contributed by atoms with Crippen LogP contribution in [0.25, 0.3) is 0 Å². The van der Waals surface area contributed by atoms with E-state index in [1.165, 1.54) is 0 Å². The van der Waals surface area contributed by atoms with Crippen LogP contribution in [0.3, 0.4) is 0 Å². The lowest BCUT2D eigenvalue weighted by Gasteiger charge is -2.06. The number of hydrogen-bond donors (Lipinski definition) is 0. The van der Waals surface area contributed by atoms with Crippen molar-refractivity contribution in [1.29, 1.82) is 0 Å². The van der Waals surface area contributed by atoms with Crippen LogP contribution >= 0.6 is 0 Å². The van der Waals surface area contributed by atoms with E-state index in [0.717, 1.165) is 5.56 Å². The molecule has 1 aromatic carbocycles. The Morgan fingerprint density at radius 1 is 1.00 bits per heavy atom. The molecule has 0 unspecified atom stereocenters. The second-order valence-corrected chi connectivity index (χ2v) is 6.49. The third-order valence-electron chi connectivity index (χ3n) is 2.03. The van der Waals surface area contributed by atoms with E-state index in [-0.39, 0.29) is 4.58 Å². The number of hydrogen-bond acceptors (Lipinski definition) is 2. The van der Waals surface area contributed by atoms with E-state index in [1.807, 2.05) is 30.3 Å². The van der Waals surface area contributed by atoms with Gasteiger partial charge in [-0.2, -0.15) is 0 Å². The highest BCUT2D eigenvalue weighted by atomic mass is 32.3. The van der Waals surface area contributed by atoms with Gasteiger partial charge >= 0.3 is 0 Å². The molecule has 1 aliphatic heterocycles. The lowest BCUT2D eigenvalue weighted by atomic mass is 10.2. The van der Waals surface area contributed by atoms with E-state index in [1.54, 1.807) is 0 Å². The maximum atomic E-state index is 11.5. The van der Waals surface area contributed by atoms with Gasteiger partial charge in [-0.15, -0.1) is 0 Å². The zero-order valence-electron chi connectivity index (χ0n) is 7.01. The maximum absolute atomic E-state index is 11.5. The average Bonchev–Trinajstić information content (AvgIpc) is 2.48. The van der Waals surface area contributed by atoms with Crippen LogP contribution in [0.2, 0.25) is 0 Å². The van der Waals surface area contributed by atoms with E-state index in [9.17, 15) is 8.42 Å². The predicted molar refractivity (Wildman–Crippen MR) is 55.2 cm³/mol. The molecule has 0 N–H and O–H groups in total. The molecule has 1 heterocycles. The summed E-state index contributed by atoms with van der Waals surface area (Å²) in [6.45, 7) is 0. The molecular weight excluding hydrogens is 204 g/mol. The highest BCUT2D eigenvalue weighted by Crippen LogP contribution is 2.28. The summed E-state index contributed by atoms with van der Waals surface area (Å²) in [5.41, 5.74) is 0.941. The van der Waals surface area contributed by atoms with Crippen molar-refractivity contribution >= 4 is 21.6 Å². The molecule has 4 heteroatoms. The van der Waals surface area contributed by atoms with Crippen molar-refractivity contribution in [3.8, 4) is 0 Å². The minimum Gasteiger partial charge on any atom is -0.258 e. The summed E-state index contributed by atoms with van der Waals surface area (Å²) < 4.78 is 22.8. The summed E-state index contributed by atoms with van der Waals surface area (Å²) in [5, 5.41) is 0. The van der Waals surface area contributed by atoms with Gasteiger partial charge in [-0.25, -0.2) is 0 Å². The Balaban J connectivity index is 2.36. The monoisotopic (exact) mass is 214 g/mol. The molecular formula is C9H10O2S2. The van der Waals surface area contributed by atoms with Crippen LogP contribution in [0.1, 0.15) is 10.1 Å². The Morgan fingerprint density at radius 2 is 1.54 bits per heavy atom. The van der Waals surface area contributed by atoms with Crippen LogP contribution in [-0.4, -0.2) is 19.9 Å². The van der Waals surface area contributed by atoms with Gasteiger partial charge in [0, 0.05) is 33.1 Å². The molecule has 2 atom stereocenters. The molecule has 13 heavy (non-hydrogen) atoms. The van der Waals surface area contributed by atoms with Crippen molar-refractivity contribution in [2.45, 2.75) is 4.58 Å². The first-order chi connectivity index (χ1) is 6.29. The molecule has 1 aliphatic rings. The van der Waals surface area contributed by atoms with Crippen molar-refractivity contribution in [2.75, 3.05) is 11.5 Å². The maximum Gasteiger partial charge on any atom is 0.135 e. The third-order valence-corrected chi connectivity index (χ3v) is 6.29. The molecule has 70 valence electrons. The first-order valence-electron chi connectivity index (χ1n) is 4.08. The highest BCUT2D eigenvalue weighted by molar-refractivity contribution is 8.05. The van der Waals surface area contributed by atoms with Crippen molar-refractivity contribution < 1.29 is 8.42 Å². The van der Waals surface area contributed by atoms with Crippen LogP contribution < -0.4 is 0 Å². The first-order valence-corrected chi connectivity index (χ1v) is 6.85. The molecule has 2 nitrogen and oxygen atoms in total. The molecule has 0 bridgehead atoms. The first kappa shape index (κ1) is 9.09. The van der Waals surface area contributed by atoms with Crippen molar-refractivity contribution in [2.24, 2.45) is 0 Å². The highest BCUT2D eigenvalue weighted by Gasteiger charge is 2.31. The second kappa shape index (κ2) is 3.72. The Labute approximate surface area is 82.3 Å². The molecule has 1 saturated heterocycles. The second-order valence-electron chi connectivity index (χ2n) is 2.91. The predicted octanol–water partition coefficient (Wildman–Crippen LogP) is 1.20. The number of benzene rings is 1. The van der Waals surface area contributed by atoms with E-state index in [4.69, 9.17) is 0 Å². The summed E-state index contributed by atoms with van der Waals surface area (Å²) in [6.07, 6.45) is 0. The van der Waals surface area contributed by atoms with Gasteiger partial charge in [-0.05, 0) is 5.56 Å². The molecule has 0 aliphatic carbocycles. The fraction of sp³-hybridized carbons (Fsp3) is 0.333. The van der Waals surface area contributed by atoms with Crippen molar-refractivity contribution in [3.63, 3.8) is 0 Å². The van der Waals surface area contributed by atoms with Crippen LogP contribution in [0.15, 0.2) is 30.3 Å². The number of rotatable bonds is 1. The fourth-order valence-corrected chi connectivity index (χ4v) is 5.61. The van der Waals surface area contributed by atoms with Gasteiger partial charge in [-0.3, -0.25) is 8.42 Å². The topological polar surface area (TPSA) is 34.1 Å².